The Labute approximate surface area is 217 Å². The molecule has 3 rings (SSSR count). The van der Waals surface area contributed by atoms with Crippen molar-refractivity contribution in [2.24, 2.45) is 4.99 Å². The molecular formula is C24H32IN7S. The molecule has 0 aliphatic rings. The van der Waals surface area contributed by atoms with Gasteiger partial charge in [0, 0.05) is 31.6 Å². The Hall–Kier alpha value is -2.58. The Morgan fingerprint density at radius 2 is 2.03 bits per heavy atom. The van der Waals surface area contributed by atoms with Crippen molar-refractivity contribution in [3.63, 3.8) is 0 Å². The number of nitrogen functional groups attached to an aromatic ring is 1. The Bertz CT molecular complexity index is 1070. The van der Waals surface area contributed by atoms with E-state index >= 15 is 0 Å². The minimum atomic E-state index is 0. The highest BCUT2D eigenvalue weighted by molar-refractivity contribution is 14.0. The van der Waals surface area contributed by atoms with Gasteiger partial charge in [0.05, 0.1) is 11.4 Å². The van der Waals surface area contributed by atoms with Gasteiger partial charge in [0.25, 0.3) is 0 Å². The summed E-state index contributed by atoms with van der Waals surface area (Å²) >= 11 is 1.78. The van der Waals surface area contributed by atoms with Gasteiger partial charge in [-0.05, 0) is 56.7 Å². The molecule has 0 aliphatic heterocycles. The zero-order valence-corrected chi connectivity index (χ0v) is 22.6. The van der Waals surface area contributed by atoms with E-state index in [0.29, 0.717) is 24.3 Å². The normalized spacial score (nSPS) is 11.0. The number of aromatic nitrogens is 2. The van der Waals surface area contributed by atoms with Crippen LogP contribution in [-0.2, 0) is 12.8 Å². The fourth-order valence-corrected chi connectivity index (χ4v) is 4.10. The van der Waals surface area contributed by atoms with Crippen LogP contribution < -0.4 is 11.1 Å². The Balaban J connectivity index is 0.00000385. The molecule has 0 radical (unpaired) electrons. The average Bonchev–Trinajstić information content (AvgIpc) is 3.42. The molecule has 0 saturated heterocycles. The summed E-state index contributed by atoms with van der Waals surface area (Å²) in [5.74, 6) is 1.28. The highest BCUT2D eigenvalue weighted by Gasteiger charge is 2.16. The van der Waals surface area contributed by atoms with E-state index in [-0.39, 0.29) is 24.0 Å². The van der Waals surface area contributed by atoms with Crippen LogP contribution in [0.4, 0.5) is 5.82 Å². The summed E-state index contributed by atoms with van der Waals surface area (Å²) in [4.78, 5) is 8.30. The maximum atomic E-state index is 9.60. The number of aryl methyl sites for hydroxylation is 2. The van der Waals surface area contributed by atoms with Gasteiger partial charge in [-0.2, -0.15) is 10.4 Å². The van der Waals surface area contributed by atoms with Crippen LogP contribution in [-0.4, -0.2) is 47.3 Å². The number of aliphatic imine (C=N–C) groups is 1. The van der Waals surface area contributed by atoms with Crippen LogP contribution in [0.15, 0.2) is 46.8 Å². The van der Waals surface area contributed by atoms with Crippen molar-refractivity contribution in [3.05, 3.63) is 63.5 Å². The molecule has 0 spiro atoms. The third-order valence-electron chi connectivity index (χ3n) is 5.19. The van der Waals surface area contributed by atoms with Crippen molar-refractivity contribution >= 4 is 47.1 Å². The summed E-state index contributed by atoms with van der Waals surface area (Å²) in [5.41, 5.74) is 9.42. The molecule has 33 heavy (non-hydrogen) atoms. The first-order valence-corrected chi connectivity index (χ1v) is 11.8. The zero-order valence-electron chi connectivity index (χ0n) is 19.4. The van der Waals surface area contributed by atoms with E-state index in [1.807, 2.05) is 31.2 Å². The molecule has 0 bridgehead atoms. The molecule has 0 fully saturated rings. The van der Waals surface area contributed by atoms with E-state index in [0.717, 1.165) is 48.8 Å². The number of nitrogens with zero attached hydrogens (tertiary/aromatic N) is 5. The van der Waals surface area contributed by atoms with E-state index in [9.17, 15) is 5.26 Å². The van der Waals surface area contributed by atoms with Gasteiger partial charge in [-0.25, -0.2) is 4.68 Å². The van der Waals surface area contributed by atoms with Crippen LogP contribution >= 0.6 is 35.3 Å². The van der Waals surface area contributed by atoms with Crippen molar-refractivity contribution in [1.82, 2.24) is 20.0 Å². The molecule has 0 aliphatic carbocycles. The van der Waals surface area contributed by atoms with Crippen LogP contribution in [0.25, 0.3) is 5.69 Å². The lowest BCUT2D eigenvalue weighted by Gasteiger charge is -2.21. The first kappa shape index (κ1) is 26.7. The Morgan fingerprint density at radius 1 is 1.27 bits per heavy atom. The van der Waals surface area contributed by atoms with Gasteiger partial charge < -0.3 is 16.0 Å². The van der Waals surface area contributed by atoms with Crippen LogP contribution in [0.3, 0.4) is 0 Å². The first-order valence-electron chi connectivity index (χ1n) is 10.9. The molecule has 0 unspecified atom stereocenters. The minimum Gasteiger partial charge on any atom is -0.382 e. The fraction of sp³-hybridized carbons (Fsp3) is 0.375. The zero-order chi connectivity index (χ0) is 22.9. The number of hydrogen-bond acceptors (Lipinski definition) is 5. The number of nitriles is 1. The summed E-state index contributed by atoms with van der Waals surface area (Å²) in [6, 6.07) is 14.4. The first-order chi connectivity index (χ1) is 15.5. The molecular weight excluding hydrogens is 545 g/mol. The maximum absolute atomic E-state index is 9.60. The number of nitrogens with two attached hydrogens (primary N) is 1. The van der Waals surface area contributed by atoms with E-state index in [1.54, 1.807) is 16.0 Å². The number of nitrogens with one attached hydrogen (secondary N) is 1. The third-order valence-corrected chi connectivity index (χ3v) is 6.12. The minimum absolute atomic E-state index is 0. The molecule has 0 atom stereocenters. The lowest BCUT2D eigenvalue weighted by Crippen LogP contribution is -2.40. The number of rotatable bonds is 9. The standard InChI is InChI=1S/C24H31N7S.HI/c1-4-27-24(30(3)15-13-20-7-6-16-32-20)28-14-5-8-22-21(17-25)23(26)31(29-22)19-11-9-18(2)10-12-19;/h6-7,9-12,16H,4-5,8,13-15,26H2,1-3H3,(H,27,28);1H. The predicted octanol–water partition coefficient (Wildman–Crippen LogP) is 4.39. The monoisotopic (exact) mass is 577 g/mol. The van der Waals surface area contributed by atoms with Gasteiger partial charge in [-0.15, -0.1) is 35.3 Å². The highest BCUT2D eigenvalue weighted by atomic mass is 127. The Kier molecular flexibility index (Phi) is 10.7. The smallest absolute Gasteiger partial charge is 0.193 e. The van der Waals surface area contributed by atoms with Crippen molar-refractivity contribution in [2.75, 3.05) is 32.4 Å². The van der Waals surface area contributed by atoms with Crippen LogP contribution in [0.2, 0.25) is 0 Å². The lowest BCUT2D eigenvalue weighted by molar-refractivity contribution is 0.486. The summed E-state index contributed by atoms with van der Waals surface area (Å²) in [6.07, 6.45) is 2.43. The SMILES string of the molecule is CCNC(=NCCCc1nn(-c2ccc(C)cc2)c(N)c1C#N)N(C)CCc1cccs1.I. The van der Waals surface area contributed by atoms with Gasteiger partial charge in [-0.3, -0.25) is 4.99 Å². The number of thiophene rings is 1. The molecule has 176 valence electrons. The van der Waals surface area contributed by atoms with Crippen LogP contribution in [0, 0.1) is 18.3 Å². The number of benzene rings is 1. The molecule has 9 heteroatoms. The fourth-order valence-electron chi connectivity index (χ4n) is 3.40. The largest absolute Gasteiger partial charge is 0.382 e. The van der Waals surface area contributed by atoms with Gasteiger partial charge in [0.2, 0.25) is 0 Å². The molecule has 2 aromatic heterocycles. The topological polar surface area (TPSA) is 95.3 Å². The Morgan fingerprint density at radius 3 is 2.67 bits per heavy atom. The molecule has 1 aromatic carbocycles. The summed E-state index contributed by atoms with van der Waals surface area (Å²) in [5, 5.41) is 19.7. The van der Waals surface area contributed by atoms with E-state index in [2.05, 4.69) is 52.9 Å². The van der Waals surface area contributed by atoms with Gasteiger partial charge in [0.1, 0.15) is 17.5 Å². The average molecular weight is 578 g/mol. The van der Waals surface area contributed by atoms with Gasteiger partial charge in [-0.1, -0.05) is 23.8 Å². The van der Waals surface area contributed by atoms with E-state index in [4.69, 9.17) is 10.7 Å². The highest BCUT2D eigenvalue weighted by Crippen LogP contribution is 2.22. The second kappa shape index (κ2) is 13.2. The maximum Gasteiger partial charge on any atom is 0.193 e. The van der Waals surface area contributed by atoms with E-state index < -0.39 is 0 Å². The third kappa shape index (κ3) is 7.20. The molecule has 3 aromatic rings. The predicted molar refractivity (Wildman–Crippen MR) is 148 cm³/mol. The number of anilines is 1. The van der Waals surface area contributed by atoms with Gasteiger partial charge in [0.15, 0.2) is 5.96 Å². The number of likely N-dealkylation sites (N-methyl/N-ethyl adjacent to an activating group) is 1. The van der Waals surface area contributed by atoms with Crippen LogP contribution in [0.1, 0.15) is 35.0 Å². The summed E-state index contributed by atoms with van der Waals surface area (Å²) in [7, 11) is 2.06. The number of hydrogen-bond donors (Lipinski definition) is 2. The second-order valence-corrected chi connectivity index (χ2v) is 8.69. The molecule has 2 heterocycles. The van der Waals surface area contributed by atoms with E-state index in [1.165, 1.54) is 4.88 Å². The van der Waals surface area contributed by atoms with Crippen molar-refractivity contribution in [2.45, 2.75) is 33.1 Å². The lowest BCUT2D eigenvalue weighted by atomic mass is 10.1. The van der Waals surface area contributed by atoms with Crippen LogP contribution in [0.5, 0.6) is 0 Å². The van der Waals surface area contributed by atoms with Gasteiger partial charge >= 0.3 is 0 Å². The quantitative estimate of drug-likeness (QED) is 0.170. The molecule has 0 amide bonds. The summed E-state index contributed by atoms with van der Waals surface area (Å²) in [6.45, 7) is 6.47. The van der Waals surface area contributed by atoms with Crippen molar-refractivity contribution < 1.29 is 0 Å². The molecule has 3 N–H and O–H groups in total. The van der Waals surface area contributed by atoms with Crippen molar-refractivity contribution in [1.29, 1.82) is 5.26 Å². The number of halogens is 1. The number of guanidine groups is 1. The second-order valence-electron chi connectivity index (χ2n) is 7.66. The molecule has 7 nitrogen and oxygen atoms in total. The summed E-state index contributed by atoms with van der Waals surface area (Å²) < 4.78 is 1.65. The van der Waals surface area contributed by atoms with Crippen molar-refractivity contribution in [3.8, 4) is 11.8 Å². The molecule has 0 saturated carbocycles.